The molecular weight excluding hydrogens is 208 g/mol. The summed E-state index contributed by atoms with van der Waals surface area (Å²) in [6.07, 6.45) is 0. The van der Waals surface area contributed by atoms with Crippen molar-refractivity contribution >= 4 is 5.78 Å². The summed E-state index contributed by atoms with van der Waals surface area (Å²) in [6, 6.07) is 11.2. The Kier molecular flexibility index (Phi) is 1.60. The molecule has 1 heteroatoms. The van der Waals surface area contributed by atoms with Crippen molar-refractivity contribution in [1.82, 2.24) is 0 Å². The van der Waals surface area contributed by atoms with E-state index in [1.165, 1.54) is 0 Å². The van der Waals surface area contributed by atoms with E-state index >= 15 is 0 Å². The third-order valence-electron chi connectivity index (χ3n) is 3.51. The molecule has 1 nitrogen and oxygen atoms in total. The van der Waals surface area contributed by atoms with Gasteiger partial charge in [0.2, 0.25) is 0 Å². The van der Waals surface area contributed by atoms with Crippen LogP contribution in [0.15, 0.2) is 48.5 Å². The Bertz CT molecular complexity index is 644. The van der Waals surface area contributed by atoms with Gasteiger partial charge in [0.1, 0.15) is 0 Å². The van der Waals surface area contributed by atoms with Gasteiger partial charge in [-0.25, -0.2) is 0 Å². The summed E-state index contributed by atoms with van der Waals surface area (Å²) >= 11 is 0. The van der Waals surface area contributed by atoms with Crippen LogP contribution in [0, 0.1) is 0 Å². The lowest BCUT2D eigenvalue weighted by molar-refractivity contribution is 0.103. The largest absolute Gasteiger partial charge is 0.289 e. The lowest BCUT2D eigenvalue weighted by atomic mass is 9.68. The number of ketones is 1. The number of hydrogen-bond acceptors (Lipinski definition) is 1. The van der Waals surface area contributed by atoms with Gasteiger partial charge in [-0.2, -0.15) is 0 Å². The van der Waals surface area contributed by atoms with Crippen molar-refractivity contribution in [3.8, 4) is 0 Å². The summed E-state index contributed by atoms with van der Waals surface area (Å²) in [7, 11) is 0. The van der Waals surface area contributed by atoms with Crippen LogP contribution in [-0.4, -0.2) is 5.78 Å². The van der Waals surface area contributed by atoms with Crippen molar-refractivity contribution in [2.24, 2.45) is 0 Å². The molecule has 0 N–H and O–H groups in total. The van der Waals surface area contributed by atoms with Gasteiger partial charge in [0.15, 0.2) is 5.78 Å². The molecule has 0 amide bonds. The Balaban J connectivity index is 2.44. The summed E-state index contributed by atoms with van der Waals surface area (Å²) in [4.78, 5) is 12.6. The van der Waals surface area contributed by atoms with Gasteiger partial charge in [-0.05, 0) is 11.1 Å². The summed E-state index contributed by atoms with van der Waals surface area (Å²) < 4.78 is 16.0. The van der Waals surface area contributed by atoms with Crippen LogP contribution >= 0.6 is 0 Å². The molecule has 2 aromatic carbocycles. The van der Waals surface area contributed by atoms with Gasteiger partial charge < -0.3 is 0 Å². The highest BCUT2D eigenvalue weighted by Gasteiger charge is 2.35. The van der Waals surface area contributed by atoms with Crippen LogP contribution < -0.4 is 0 Å². The highest BCUT2D eigenvalue weighted by molar-refractivity contribution is 6.13. The normalized spacial score (nSPS) is 17.9. The Hall–Kier alpha value is -1.89. The fourth-order valence-electron chi connectivity index (χ4n) is 2.56. The average Bonchev–Trinajstić information content (AvgIpc) is 2.36. The van der Waals surface area contributed by atoms with Gasteiger partial charge in [-0.1, -0.05) is 62.3 Å². The minimum absolute atomic E-state index is 0.194. The van der Waals surface area contributed by atoms with E-state index in [1.807, 2.05) is 38.1 Å². The summed E-state index contributed by atoms with van der Waals surface area (Å²) in [5.74, 6) is -0.194. The van der Waals surface area contributed by atoms with E-state index in [-0.39, 0.29) is 23.3 Å². The lowest BCUT2D eigenvalue weighted by Crippen LogP contribution is -2.30. The zero-order chi connectivity index (χ0) is 13.8. The maximum Gasteiger partial charge on any atom is 0.193 e. The van der Waals surface area contributed by atoms with Crippen LogP contribution in [0.2, 0.25) is 0 Å². The Morgan fingerprint density at radius 3 is 1.88 bits per heavy atom. The predicted molar refractivity (Wildman–Crippen MR) is 68.4 cm³/mol. The van der Waals surface area contributed by atoms with Crippen molar-refractivity contribution in [1.29, 1.82) is 0 Å². The Morgan fingerprint density at radius 2 is 1.41 bits per heavy atom. The van der Waals surface area contributed by atoms with Gasteiger partial charge in [0.05, 0.1) is 2.74 Å². The molecule has 0 radical (unpaired) electrons. The smallest absolute Gasteiger partial charge is 0.193 e. The second-order valence-electron chi connectivity index (χ2n) is 4.87. The Morgan fingerprint density at radius 1 is 0.941 bits per heavy atom. The molecule has 0 unspecified atom stereocenters. The molecule has 0 spiro atoms. The van der Waals surface area contributed by atoms with E-state index in [0.717, 1.165) is 11.1 Å². The van der Waals surface area contributed by atoms with Crippen molar-refractivity contribution in [2.75, 3.05) is 0 Å². The second-order valence-corrected chi connectivity index (χ2v) is 4.87. The predicted octanol–water partition coefficient (Wildman–Crippen LogP) is 3.56. The summed E-state index contributed by atoms with van der Waals surface area (Å²) in [5.41, 5.74) is 2.29. The van der Waals surface area contributed by atoms with Crippen LogP contribution in [0.4, 0.5) is 0 Å². The fourth-order valence-corrected chi connectivity index (χ4v) is 2.56. The average molecular weight is 224 g/mol. The topological polar surface area (TPSA) is 17.1 Å². The maximum atomic E-state index is 12.6. The monoisotopic (exact) mass is 224 g/mol. The first-order valence-corrected chi connectivity index (χ1v) is 5.69. The summed E-state index contributed by atoms with van der Waals surface area (Å²) in [6.45, 7) is 4.08. The molecule has 0 heterocycles. The number of fused-ring (bicyclic) bond motifs is 2. The minimum Gasteiger partial charge on any atom is -0.289 e. The van der Waals surface area contributed by atoms with Gasteiger partial charge in [0.25, 0.3) is 0 Å². The van der Waals surface area contributed by atoms with E-state index in [2.05, 4.69) is 0 Å². The first-order valence-electron chi connectivity index (χ1n) is 6.69. The molecule has 0 fully saturated rings. The zero-order valence-electron chi connectivity index (χ0n) is 11.9. The molecule has 1 aliphatic rings. The van der Waals surface area contributed by atoms with E-state index < -0.39 is 0 Å². The van der Waals surface area contributed by atoms with Gasteiger partial charge in [-0.3, -0.25) is 4.79 Å². The third kappa shape index (κ3) is 1.29. The second kappa shape index (κ2) is 3.30. The zero-order valence-corrected chi connectivity index (χ0v) is 9.87. The number of rotatable bonds is 0. The number of hydrogen-bond donors (Lipinski definition) is 0. The van der Waals surface area contributed by atoms with Crippen LogP contribution in [0.5, 0.6) is 0 Å². The van der Waals surface area contributed by atoms with Crippen LogP contribution in [0.3, 0.4) is 0 Å². The molecule has 0 aliphatic heterocycles. The van der Waals surface area contributed by atoms with E-state index in [0.29, 0.717) is 11.1 Å². The standard InChI is InChI=1S/C16H14O/c1-16(2)13-9-5-3-7-11(13)15(17)12-8-4-6-10-14(12)16/h3-10H,1-2H3/i7D,8D. The molecular formula is C16H14O. The molecule has 0 aromatic heterocycles. The number of carbonyl (C=O) groups is 1. The van der Waals surface area contributed by atoms with Gasteiger partial charge in [-0.15, -0.1) is 0 Å². The molecule has 0 saturated carbocycles. The minimum atomic E-state index is -0.354. The van der Waals surface area contributed by atoms with E-state index in [1.54, 1.807) is 12.1 Å². The Labute approximate surface area is 104 Å². The molecule has 3 rings (SSSR count). The number of carbonyl (C=O) groups excluding carboxylic acids is 1. The first kappa shape index (κ1) is 8.24. The quantitative estimate of drug-likeness (QED) is 0.668. The molecule has 2 aromatic rings. The fraction of sp³-hybridized carbons (Fsp3) is 0.188. The van der Waals surface area contributed by atoms with E-state index in [9.17, 15) is 4.79 Å². The first-order chi connectivity index (χ1) is 8.94. The maximum absolute atomic E-state index is 12.6. The summed E-state index contributed by atoms with van der Waals surface area (Å²) in [5, 5.41) is 0. The van der Waals surface area contributed by atoms with Crippen molar-refractivity contribution in [3.05, 3.63) is 70.7 Å². The molecule has 17 heavy (non-hydrogen) atoms. The molecule has 0 bridgehead atoms. The van der Waals surface area contributed by atoms with Crippen LogP contribution in [-0.2, 0) is 5.41 Å². The van der Waals surface area contributed by atoms with Gasteiger partial charge in [0, 0.05) is 16.5 Å². The highest BCUT2D eigenvalue weighted by Crippen LogP contribution is 2.40. The number of benzene rings is 2. The third-order valence-corrected chi connectivity index (χ3v) is 3.51. The van der Waals surface area contributed by atoms with Crippen molar-refractivity contribution < 1.29 is 7.54 Å². The SMILES string of the molecule is [2H]c1cccc2c1C(=O)c1c([2H])cccc1C2(C)C. The molecule has 84 valence electrons. The van der Waals surface area contributed by atoms with Crippen molar-refractivity contribution in [2.45, 2.75) is 19.3 Å². The van der Waals surface area contributed by atoms with Gasteiger partial charge >= 0.3 is 0 Å². The van der Waals surface area contributed by atoms with E-state index in [4.69, 9.17) is 2.74 Å². The molecule has 0 atom stereocenters. The molecule has 0 saturated heterocycles. The van der Waals surface area contributed by atoms with Crippen LogP contribution in [0.1, 0.15) is 43.6 Å². The van der Waals surface area contributed by atoms with Crippen LogP contribution in [0.25, 0.3) is 0 Å². The molecule has 1 aliphatic carbocycles. The highest BCUT2D eigenvalue weighted by atomic mass is 16.1. The lowest BCUT2D eigenvalue weighted by Gasteiger charge is -2.34. The van der Waals surface area contributed by atoms with Crippen molar-refractivity contribution in [3.63, 3.8) is 0 Å².